The number of hydrazine groups is 1. The van der Waals surface area contributed by atoms with Crippen molar-refractivity contribution in [3.05, 3.63) is 29.3 Å². The molecule has 0 radical (unpaired) electrons. The van der Waals surface area contributed by atoms with E-state index in [-0.39, 0.29) is 18.5 Å². The van der Waals surface area contributed by atoms with E-state index in [0.717, 1.165) is 0 Å². The van der Waals surface area contributed by atoms with Gasteiger partial charge in [0, 0.05) is 0 Å². The van der Waals surface area contributed by atoms with E-state index in [1.165, 1.54) is 0 Å². The second-order valence-electron chi connectivity index (χ2n) is 3.88. The molecule has 0 aromatic heterocycles. The van der Waals surface area contributed by atoms with Gasteiger partial charge in [-0.05, 0) is 18.2 Å². The first kappa shape index (κ1) is 20.8. The lowest BCUT2D eigenvalue weighted by Gasteiger charge is -2.12. The minimum absolute atomic E-state index is 0. The lowest BCUT2D eigenvalue weighted by Crippen LogP contribution is -2.38. The molecular weight excluding hydrogens is 354 g/mol. The predicted octanol–water partition coefficient (Wildman–Crippen LogP) is 1.87. The van der Waals surface area contributed by atoms with Crippen molar-refractivity contribution in [2.75, 3.05) is 0 Å². The van der Waals surface area contributed by atoms with Gasteiger partial charge in [0.15, 0.2) is 0 Å². The van der Waals surface area contributed by atoms with Gasteiger partial charge in [-0.1, -0.05) is 0 Å². The minimum Gasteiger partial charge on any atom is -0.368 e. The van der Waals surface area contributed by atoms with E-state index in [2.05, 4.69) is 9.98 Å². The van der Waals surface area contributed by atoms with Crippen LogP contribution in [0.25, 0.3) is 0 Å². The fourth-order valence-electron chi connectivity index (χ4n) is 1.32. The summed E-state index contributed by atoms with van der Waals surface area (Å²) >= 11 is 0. The first-order chi connectivity index (χ1) is 9.93. The Morgan fingerprint density at radius 2 is 1.35 bits per heavy atom. The van der Waals surface area contributed by atoms with Gasteiger partial charge in [0.2, 0.25) is 11.9 Å². The summed E-state index contributed by atoms with van der Waals surface area (Å²) in [6, 6.07) is 0.752. The van der Waals surface area contributed by atoms with Gasteiger partial charge in [-0.15, -0.1) is 12.4 Å². The first-order valence-corrected chi connectivity index (χ1v) is 5.38. The third-order valence-corrected chi connectivity index (χ3v) is 2.20. The van der Waals surface area contributed by atoms with Crippen LogP contribution in [-0.2, 0) is 12.4 Å². The van der Waals surface area contributed by atoms with E-state index in [9.17, 15) is 26.3 Å². The Labute approximate surface area is 131 Å². The maximum Gasteiger partial charge on any atom is 0.416 e. The molecule has 1 aromatic rings. The Hall–Kier alpha value is -2.21. The van der Waals surface area contributed by atoms with Gasteiger partial charge in [-0.3, -0.25) is 5.43 Å². The maximum atomic E-state index is 12.6. The van der Waals surface area contributed by atoms with Crippen LogP contribution in [0.3, 0.4) is 0 Å². The molecule has 7 N–H and O–H groups in total. The van der Waals surface area contributed by atoms with Crippen molar-refractivity contribution in [1.82, 2.24) is 5.43 Å². The number of halogens is 7. The second-order valence-corrected chi connectivity index (χ2v) is 3.88. The zero-order valence-electron chi connectivity index (χ0n) is 11.0. The monoisotopic (exact) mass is 364 g/mol. The van der Waals surface area contributed by atoms with Crippen molar-refractivity contribution in [2.24, 2.45) is 27.3 Å². The highest BCUT2D eigenvalue weighted by molar-refractivity contribution is 5.94. The van der Waals surface area contributed by atoms with E-state index >= 15 is 0 Å². The average Bonchev–Trinajstić information content (AvgIpc) is 2.35. The lowest BCUT2D eigenvalue weighted by atomic mass is 10.1. The van der Waals surface area contributed by atoms with Gasteiger partial charge in [-0.2, -0.15) is 31.3 Å². The summed E-state index contributed by atoms with van der Waals surface area (Å²) in [5.41, 5.74) is 8.47. The molecule has 0 saturated carbocycles. The van der Waals surface area contributed by atoms with Crippen LogP contribution in [0.15, 0.2) is 28.2 Å². The summed E-state index contributed by atoms with van der Waals surface area (Å²) < 4.78 is 75.7. The van der Waals surface area contributed by atoms with Gasteiger partial charge >= 0.3 is 12.4 Å². The standard InChI is InChI=1S/C10H10F6N6.ClH/c11-9(12,13)4-1-5(10(14,15)16)3-6(2-4)20-7(17)21-8(18)22-19;/h1-3H,19H2,(H5,17,18,20,21,22);1H. The maximum absolute atomic E-state index is 12.6. The molecule has 13 heteroatoms. The van der Waals surface area contributed by atoms with Crippen LogP contribution in [0.2, 0.25) is 0 Å². The smallest absolute Gasteiger partial charge is 0.368 e. The second kappa shape index (κ2) is 7.37. The number of hydrogen-bond donors (Lipinski definition) is 4. The van der Waals surface area contributed by atoms with Gasteiger partial charge < -0.3 is 11.5 Å². The van der Waals surface area contributed by atoms with E-state index in [0.29, 0.717) is 12.1 Å². The molecule has 6 nitrogen and oxygen atoms in total. The SMILES string of the molecule is Cl.NN/C(N)=N/C(N)=Nc1cc(C(F)(F)F)cc(C(F)(F)F)c1. The summed E-state index contributed by atoms with van der Waals surface area (Å²) in [5, 5.41) is 0. The van der Waals surface area contributed by atoms with Crippen molar-refractivity contribution in [2.45, 2.75) is 12.4 Å². The summed E-state index contributed by atoms with van der Waals surface area (Å²) in [6.07, 6.45) is -9.97. The fraction of sp³-hybridized carbons (Fsp3) is 0.200. The molecule has 0 aliphatic rings. The Balaban J connectivity index is 0.00000484. The highest BCUT2D eigenvalue weighted by Gasteiger charge is 2.36. The number of alkyl halides is 6. The minimum atomic E-state index is -4.98. The number of nitrogens with zero attached hydrogens (tertiary/aromatic N) is 2. The van der Waals surface area contributed by atoms with Crippen molar-refractivity contribution in [3.63, 3.8) is 0 Å². The van der Waals surface area contributed by atoms with Crippen LogP contribution in [0.1, 0.15) is 11.1 Å². The van der Waals surface area contributed by atoms with Crippen molar-refractivity contribution in [3.8, 4) is 0 Å². The van der Waals surface area contributed by atoms with Gasteiger partial charge in [0.05, 0.1) is 16.8 Å². The number of guanidine groups is 2. The molecule has 0 atom stereocenters. The Morgan fingerprint density at radius 1 is 0.913 bits per heavy atom. The van der Waals surface area contributed by atoms with Crippen LogP contribution in [0.4, 0.5) is 32.0 Å². The lowest BCUT2D eigenvalue weighted by molar-refractivity contribution is -0.143. The number of rotatable bonds is 1. The molecule has 0 saturated heterocycles. The molecule has 0 bridgehead atoms. The molecule has 0 spiro atoms. The highest BCUT2D eigenvalue weighted by Crippen LogP contribution is 2.38. The van der Waals surface area contributed by atoms with Crippen LogP contribution >= 0.6 is 12.4 Å². The van der Waals surface area contributed by atoms with Crippen molar-refractivity contribution >= 4 is 30.0 Å². The number of nitrogens with two attached hydrogens (primary N) is 3. The fourth-order valence-corrected chi connectivity index (χ4v) is 1.32. The van der Waals surface area contributed by atoms with Gasteiger partial charge in [-0.25, -0.2) is 10.8 Å². The molecule has 0 aliphatic heterocycles. The molecule has 0 heterocycles. The zero-order chi connectivity index (χ0) is 17.1. The Morgan fingerprint density at radius 3 is 1.70 bits per heavy atom. The largest absolute Gasteiger partial charge is 0.416 e. The van der Waals surface area contributed by atoms with E-state index < -0.39 is 41.1 Å². The first-order valence-electron chi connectivity index (χ1n) is 5.38. The summed E-state index contributed by atoms with van der Waals surface area (Å²) in [6.45, 7) is 0. The molecule has 0 fully saturated rings. The molecule has 0 amide bonds. The zero-order valence-corrected chi connectivity index (χ0v) is 11.9. The molecule has 1 aromatic carbocycles. The topological polar surface area (TPSA) is 115 Å². The Bertz CT molecular complexity index is 577. The number of nitrogens with one attached hydrogen (secondary N) is 1. The third-order valence-electron chi connectivity index (χ3n) is 2.20. The van der Waals surface area contributed by atoms with Gasteiger partial charge in [0.1, 0.15) is 0 Å². The molecule has 1 rings (SSSR count). The van der Waals surface area contributed by atoms with E-state index in [4.69, 9.17) is 17.3 Å². The molecular formula is C10H11ClF6N6. The van der Waals surface area contributed by atoms with Crippen LogP contribution in [0.5, 0.6) is 0 Å². The summed E-state index contributed by atoms with van der Waals surface area (Å²) in [4.78, 5) is 6.62. The van der Waals surface area contributed by atoms with E-state index in [1.54, 1.807) is 0 Å². The molecule has 0 unspecified atom stereocenters. The summed E-state index contributed by atoms with van der Waals surface area (Å²) in [7, 11) is 0. The highest BCUT2D eigenvalue weighted by atomic mass is 35.5. The van der Waals surface area contributed by atoms with Crippen LogP contribution < -0.4 is 22.7 Å². The predicted molar refractivity (Wildman–Crippen MR) is 73.9 cm³/mol. The quantitative estimate of drug-likeness (QED) is 0.200. The normalized spacial score (nSPS) is 13.5. The van der Waals surface area contributed by atoms with Crippen LogP contribution in [0, 0.1) is 0 Å². The van der Waals surface area contributed by atoms with E-state index in [1.807, 2.05) is 5.43 Å². The number of hydrogen-bond acceptors (Lipinski definition) is 2. The van der Waals surface area contributed by atoms with Gasteiger partial charge in [0.25, 0.3) is 0 Å². The summed E-state index contributed by atoms with van der Waals surface area (Å²) in [5.74, 6) is 3.76. The average molecular weight is 365 g/mol. The Kier molecular flexibility index (Phi) is 6.66. The number of benzene rings is 1. The molecule has 130 valence electrons. The molecule has 23 heavy (non-hydrogen) atoms. The third kappa shape index (κ3) is 6.20. The van der Waals surface area contributed by atoms with Crippen LogP contribution in [-0.4, -0.2) is 11.9 Å². The van der Waals surface area contributed by atoms with Crippen molar-refractivity contribution in [1.29, 1.82) is 0 Å². The molecule has 0 aliphatic carbocycles. The number of aliphatic imine (C=N–C) groups is 2. The van der Waals surface area contributed by atoms with Crippen molar-refractivity contribution < 1.29 is 26.3 Å².